The first-order valence-corrected chi connectivity index (χ1v) is 11.5. The Morgan fingerprint density at radius 1 is 1.16 bits per heavy atom. The Bertz CT molecular complexity index is 662. The minimum absolute atomic E-state index is 0. The Kier molecular flexibility index (Phi) is 9.86. The van der Waals surface area contributed by atoms with Crippen molar-refractivity contribution in [3.05, 3.63) is 0 Å². The topological polar surface area (TPSA) is 95.5 Å². The van der Waals surface area contributed by atoms with Gasteiger partial charge in [0.2, 0.25) is 5.91 Å². The number of fused-ring (bicyclic) bond motifs is 2. The summed E-state index contributed by atoms with van der Waals surface area (Å²) < 4.78 is 11.1. The van der Waals surface area contributed by atoms with Crippen LogP contribution in [0.4, 0.5) is 4.79 Å². The van der Waals surface area contributed by atoms with Crippen molar-refractivity contribution in [1.29, 1.82) is 0 Å². The van der Waals surface area contributed by atoms with Crippen molar-refractivity contribution in [3.8, 4) is 0 Å². The number of guanidine groups is 1. The summed E-state index contributed by atoms with van der Waals surface area (Å²) in [6.07, 6.45) is 4.54. The Morgan fingerprint density at radius 3 is 2.34 bits per heavy atom. The first-order chi connectivity index (χ1) is 14.6. The van der Waals surface area contributed by atoms with Crippen LogP contribution >= 0.6 is 24.0 Å². The highest BCUT2D eigenvalue weighted by molar-refractivity contribution is 14.0. The lowest BCUT2D eigenvalue weighted by molar-refractivity contribution is -0.127. The van der Waals surface area contributed by atoms with Gasteiger partial charge in [-0.1, -0.05) is 0 Å². The Labute approximate surface area is 209 Å². The number of nitrogens with one attached hydrogen (secondary N) is 2. The standard InChI is InChI=1S/C22H39N5O4.HI/c1-22(2,3)31-21(29)27-17-6-7-18(27)11-16(10-17)25-20(24-13-19(28)26(4)5)23-12-15-8-9-30-14-15;/h15-18H,6-14H2,1-5H3,(H2,23,24,25);1H. The van der Waals surface area contributed by atoms with Gasteiger partial charge >= 0.3 is 6.09 Å². The van der Waals surface area contributed by atoms with Gasteiger partial charge in [-0.2, -0.15) is 0 Å². The lowest BCUT2D eigenvalue weighted by Crippen LogP contribution is -2.55. The zero-order valence-electron chi connectivity index (χ0n) is 20.1. The van der Waals surface area contributed by atoms with E-state index in [1.54, 1.807) is 19.0 Å². The second-order valence-electron chi connectivity index (χ2n) is 10.1. The molecule has 10 heteroatoms. The average molecular weight is 565 g/mol. The monoisotopic (exact) mass is 565 g/mol. The SMILES string of the molecule is CN(C)C(=O)CN=C(NCC1CCOC1)NC1CC2CCC(C1)N2C(=O)OC(C)(C)C.I. The van der Waals surface area contributed by atoms with Crippen LogP contribution < -0.4 is 10.6 Å². The molecule has 3 rings (SSSR count). The number of likely N-dealkylation sites (N-methyl/N-ethyl adjacent to an activating group) is 1. The van der Waals surface area contributed by atoms with Crippen LogP contribution in [0.2, 0.25) is 0 Å². The molecule has 3 heterocycles. The van der Waals surface area contributed by atoms with Gasteiger partial charge in [0.1, 0.15) is 12.1 Å². The number of piperidine rings is 1. The summed E-state index contributed by atoms with van der Waals surface area (Å²) in [4.78, 5) is 32.7. The molecule has 0 aromatic rings. The smallest absolute Gasteiger partial charge is 0.410 e. The summed E-state index contributed by atoms with van der Waals surface area (Å²) >= 11 is 0. The van der Waals surface area contributed by atoms with Crippen LogP contribution in [0.3, 0.4) is 0 Å². The highest BCUT2D eigenvalue weighted by Crippen LogP contribution is 2.36. The van der Waals surface area contributed by atoms with Gasteiger partial charge in [-0.05, 0) is 52.9 Å². The lowest BCUT2D eigenvalue weighted by atomic mass is 9.98. The second kappa shape index (κ2) is 11.7. The van der Waals surface area contributed by atoms with Crippen molar-refractivity contribution in [2.45, 2.75) is 76.6 Å². The molecule has 0 saturated carbocycles. The first kappa shape index (κ1) is 26.9. The van der Waals surface area contributed by atoms with Gasteiger partial charge in [0, 0.05) is 51.3 Å². The van der Waals surface area contributed by atoms with E-state index in [0.717, 1.165) is 51.9 Å². The average Bonchev–Trinajstić information content (AvgIpc) is 3.28. The molecule has 2 bridgehead atoms. The van der Waals surface area contributed by atoms with Crippen LogP contribution in [0.15, 0.2) is 4.99 Å². The van der Waals surface area contributed by atoms with Crippen molar-refractivity contribution in [2.24, 2.45) is 10.9 Å². The number of amides is 2. The number of hydrogen-bond donors (Lipinski definition) is 2. The van der Waals surface area contributed by atoms with Gasteiger partial charge in [-0.15, -0.1) is 24.0 Å². The summed E-state index contributed by atoms with van der Waals surface area (Å²) in [5, 5.41) is 6.93. The molecule has 0 spiro atoms. The molecule has 3 saturated heterocycles. The maximum Gasteiger partial charge on any atom is 0.410 e. The lowest BCUT2D eigenvalue weighted by Gasteiger charge is -2.40. The van der Waals surface area contributed by atoms with E-state index in [1.165, 1.54) is 0 Å². The molecule has 2 amide bonds. The number of carbonyl (C=O) groups is 2. The van der Waals surface area contributed by atoms with Crippen LogP contribution in [0.5, 0.6) is 0 Å². The van der Waals surface area contributed by atoms with E-state index in [4.69, 9.17) is 9.47 Å². The van der Waals surface area contributed by atoms with E-state index in [9.17, 15) is 9.59 Å². The normalized spacial score (nSPS) is 27.5. The van der Waals surface area contributed by atoms with E-state index < -0.39 is 5.60 Å². The zero-order valence-corrected chi connectivity index (χ0v) is 22.4. The molecule has 9 nitrogen and oxygen atoms in total. The van der Waals surface area contributed by atoms with Crippen LogP contribution in [0.1, 0.15) is 52.9 Å². The second-order valence-corrected chi connectivity index (χ2v) is 10.1. The molecular formula is C22H40IN5O4. The first-order valence-electron chi connectivity index (χ1n) is 11.5. The molecular weight excluding hydrogens is 525 g/mol. The summed E-state index contributed by atoms with van der Waals surface area (Å²) in [7, 11) is 3.47. The number of halogens is 1. The number of aliphatic imine (C=N–C) groups is 1. The molecule has 3 atom stereocenters. The number of carbonyl (C=O) groups excluding carboxylic acids is 2. The minimum Gasteiger partial charge on any atom is -0.444 e. The van der Waals surface area contributed by atoms with Crippen LogP contribution in [0.25, 0.3) is 0 Å². The van der Waals surface area contributed by atoms with Crippen molar-refractivity contribution in [2.75, 3.05) is 40.4 Å². The van der Waals surface area contributed by atoms with E-state index in [2.05, 4.69) is 15.6 Å². The van der Waals surface area contributed by atoms with Crippen LogP contribution in [-0.2, 0) is 14.3 Å². The molecule has 2 N–H and O–H groups in total. The minimum atomic E-state index is -0.488. The fourth-order valence-electron chi connectivity index (χ4n) is 4.53. The predicted octanol–water partition coefficient (Wildman–Crippen LogP) is 2.19. The zero-order chi connectivity index (χ0) is 22.6. The van der Waals surface area contributed by atoms with Crippen LogP contribution in [0, 0.1) is 5.92 Å². The fourth-order valence-corrected chi connectivity index (χ4v) is 4.53. The quantitative estimate of drug-likeness (QED) is 0.302. The third kappa shape index (κ3) is 7.64. The Morgan fingerprint density at radius 2 is 1.81 bits per heavy atom. The molecule has 0 aliphatic carbocycles. The molecule has 3 unspecified atom stereocenters. The maximum absolute atomic E-state index is 12.7. The van der Waals surface area contributed by atoms with E-state index in [0.29, 0.717) is 11.9 Å². The van der Waals surface area contributed by atoms with Crippen molar-refractivity contribution in [3.63, 3.8) is 0 Å². The molecule has 3 fully saturated rings. The Hall–Kier alpha value is -1.30. The van der Waals surface area contributed by atoms with Crippen LogP contribution in [-0.4, -0.2) is 91.9 Å². The highest BCUT2D eigenvalue weighted by atomic mass is 127. The molecule has 3 aliphatic heterocycles. The molecule has 184 valence electrons. The number of hydrogen-bond acceptors (Lipinski definition) is 5. The van der Waals surface area contributed by atoms with E-state index in [-0.39, 0.29) is 60.6 Å². The summed E-state index contributed by atoms with van der Waals surface area (Å²) in [5.74, 6) is 1.09. The fraction of sp³-hybridized carbons (Fsp3) is 0.864. The summed E-state index contributed by atoms with van der Waals surface area (Å²) in [6, 6.07) is 0.565. The molecule has 32 heavy (non-hydrogen) atoms. The summed E-state index contributed by atoms with van der Waals surface area (Å²) in [6.45, 7) is 8.14. The highest BCUT2D eigenvalue weighted by Gasteiger charge is 2.45. The van der Waals surface area contributed by atoms with Gasteiger partial charge in [-0.3, -0.25) is 4.79 Å². The van der Waals surface area contributed by atoms with E-state index >= 15 is 0 Å². The number of rotatable bonds is 5. The summed E-state index contributed by atoms with van der Waals surface area (Å²) in [5.41, 5.74) is -0.488. The molecule has 0 aromatic heterocycles. The van der Waals surface area contributed by atoms with Crippen molar-refractivity contribution in [1.82, 2.24) is 20.4 Å². The third-order valence-electron chi connectivity index (χ3n) is 6.13. The van der Waals surface area contributed by atoms with Gasteiger partial charge in [0.05, 0.1) is 6.61 Å². The predicted molar refractivity (Wildman–Crippen MR) is 134 cm³/mol. The Balaban J connectivity index is 0.00000363. The number of ether oxygens (including phenoxy) is 2. The van der Waals surface area contributed by atoms with E-state index in [1.807, 2.05) is 25.7 Å². The molecule has 3 aliphatic rings. The van der Waals surface area contributed by atoms with Crippen molar-refractivity contribution < 1.29 is 19.1 Å². The number of nitrogens with zero attached hydrogens (tertiary/aromatic N) is 3. The van der Waals surface area contributed by atoms with Gasteiger partial charge in [0.15, 0.2) is 5.96 Å². The molecule has 0 radical (unpaired) electrons. The van der Waals surface area contributed by atoms with Crippen molar-refractivity contribution >= 4 is 41.9 Å². The third-order valence-corrected chi connectivity index (χ3v) is 6.13. The van der Waals surface area contributed by atoms with Gasteiger partial charge < -0.3 is 29.9 Å². The van der Waals surface area contributed by atoms with Gasteiger partial charge in [-0.25, -0.2) is 9.79 Å². The largest absolute Gasteiger partial charge is 0.444 e. The molecule has 0 aromatic carbocycles. The maximum atomic E-state index is 12.7. The van der Waals surface area contributed by atoms with Gasteiger partial charge in [0.25, 0.3) is 0 Å².